The minimum atomic E-state index is 0.388. The lowest BCUT2D eigenvalue weighted by Gasteiger charge is -2.48. The number of benzene rings is 2. The van der Waals surface area contributed by atoms with E-state index in [2.05, 4.69) is 98.4 Å². The first-order valence-electron chi connectivity index (χ1n) is 9.51. The summed E-state index contributed by atoms with van der Waals surface area (Å²) in [6, 6.07) is 22.7. The van der Waals surface area contributed by atoms with Crippen LogP contribution in [0.3, 0.4) is 0 Å². The van der Waals surface area contributed by atoms with Crippen molar-refractivity contribution < 1.29 is 4.90 Å². The van der Waals surface area contributed by atoms with E-state index in [1.165, 1.54) is 22.4 Å². The molecule has 0 aliphatic carbocycles. The Morgan fingerprint density at radius 2 is 1.16 bits per heavy atom. The number of nitrogens with one attached hydrogen (secondary N) is 1. The number of hydrogen-bond donors (Lipinski definition) is 1. The van der Waals surface area contributed by atoms with E-state index in [0.29, 0.717) is 18.4 Å². The van der Waals surface area contributed by atoms with E-state index < -0.39 is 0 Å². The van der Waals surface area contributed by atoms with Crippen LogP contribution in [0.4, 0.5) is 0 Å². The van der Waals surface area contributed by atoms with Crippen molar-refractivity contribution in [2.45, 2.75) is 38.6 Å². The summed E-state index contributed by atoms with van der Waals surface area (Å²) in [6.45, 7) is 7.01. The average molecular weight is 339 g/mol. The number of nitrogens with zero attached hydrogens (tertiary/aromatic N) is 2. The monoisotopic (exact) mass is 338 g/mol. The van der Waals surface area contributed by atoms with Crippen LogP contribution >= 0.6 is 0 Å². The van der Waals surface area contributed by atoms with E-state index >= 15 is 0 Å². The summed E-state index contributed by atoms with van der Waals surface area (Å²) in [5, 5.41) is 0. The predicted octanol–water partition coefficient (Wildman–Crippen LogP) is 2.94. The molecule has 1 aliphatic rings. The zero-order valence-corrected chi connectivity index (χ0v) is 16.0. The fraction of sp³-hybridized carbons (Fsp3) is 0.455. The fourth-order valence-electron chi connectivity index (χ4n) is 4.19. The highest BCUT2D eigenvalue weighted by atomic mass is 15.5. The van der Waals surface area contributed by atoms with Crippen LogP contribution in [0.5, 0.6) is 0 Å². The lowest BCUT2D eigenvalue weighted by Crippen LogP contribution is -3.14. The molecular weight excluding hydrogens is 306 g/mol. The van der Waals surface area contributed by atoms with Crippen molar-refractivity contribution in [1.82, 2.24) is 9.80 Å². The molecule has 134 valence electrons. The molecule has 1 N–H and O–H groups in total. The molecule has 2 aromatic rings. The zero-order chi connectivity index (χ0) is 17.8. The highest BCUT2D eigenvalue weighted by molar-refractivity contribution is 5.20. The van der Waals surface area contributed by atoms with Crippen LogP contribution in [0.2, 0.25) is 0 Å². The van der Waals surface area contributed by atoms with E-state index in [9.17, 15) is 0 Å². The molecule has 0 spiro atoms. The Labute approximate surface area is 152 Å². The maximum absolute atomic E-state index is 2.67. The SMILES string of the molecule is C[C@@H](c1ccccc1)N1CCCN([C@@H](C)c2ccccc2)C1[NH+](C)C. The van der Waals surface area contributed by atoms with Crippen molar-refractivity contribution in [3.8, 4) is 0 Å². The van der Waals surface area contributed by atoms with Crippen molar-refractivity contribution in [1.29, 1.82) is 0 Å². The minimum absolute atomic E-state index is 0.388. The van der Waals surface area contributed by atoms with E-state index in [1.54, 1.807) is 0 Å². The minimum Gasteiger partial charge on any atom is -0.311 e. The van der Waals surface area contributed by atoms with Crippen molar-refractivity contribution in [2.75, 3.05) is 27.2 Å². The highest BCUT2D eigenvalue weighted by Gasteiger charge is 2.39. The van der Waals surface area contributed by atoms with Gasteiger partial charge in [0.1, 0.15) is 0 Å². The second kappa shape index (κ2) is 8.13. The molecule has 0 saturated carbocycles. The van der Waals surface area contributed by atoms with Crippen LogP contribution < -0.4 is 4.90 Å². The van der Waals surface area contributed by atoms with Gasteiger partial charge in [0.05, 0.1) is 14.1 Å². The molecule has 0 aromatic heterocycles. The molecule has 2 aromatic carbocycles. The van der Waals surface area contributed by atoms with Gasteiger partial charge >= 0.3 is 0 Å². The van der Waals surface area contributed by atoms with Crippen LogP contribution in [-0.2, 0) is 0 Å². The van der Waals surface area contributed by atoms with E-state index in [0.717, 1.165) is 13.1 Å². The summed E-state index contributed by atoms with van der Waals surface area (Å²) >= 11 is 0. The Morgan fingerprint density at radius 1 is 0.760 bits per heavy atom. The highest BCUT2D eigenvalue weighted by Crippen LogP contribution is 2.30. The lowest BCUT2D eigenvalue weighted by molar-refractivity contribution is -0.916. The topological polar surface area (TPSA) is 10.9 Å². The van der Waals surface area contributed by atoms with Gasteiger partial charge in [-0.25, -0.2) is 9.80 Å². The molecule has 0 amide bonds. The van der Waals surface area contributed by atoms with Crippen LogP contribution in [-0.4, -0.2) is 43.3 Å². The molecule has 3 heteroatoms. The second-order valence-electron chi connectivity index (χ2n) is 7.45. The Bertz CT molecular complexity index is 587. The number of rotatable bonds is 5. The molecule has 3 rings (SSSR count). The van der Waals surface area contributed by atoms with Crippen LogP contribution in [0.25, 0.3) is 0 Å². The first-order chi connectivity index (χ1) is 12.1. The number of quaternary nitrogens is 1. The molecule has 1 fully saturated rings. The quantitative estimate of drug-likeness (QED) is 0.899. The molecule has 3 nitrogen and oxygen atoms in total. The largest absolute Gasteiger partial charge is 0.311 e. The third-order valence-electron chi connectivity index (χ3n) is 5.54. The summed E-state index contributed by atoms with van der Waals surface area (Å²) in [7, 11) is 4.57. The standard InChI is InChI=1S/C22H31N3/c1-18(20-12-7-5-8-13-20)24-16-11-17-25(22(24)23(3)4)19(2)21-14-9-6-10-15-21/h5-10,12-15,18-19,22H,11,16-17H2,1-4H3/p+1/t18-,19-/m0/s1. The fourth-order valence-corrected chi connectivity index (χ4v) is 4.19. The van der Waals surface area contributed by atoms with Gasteiger partial charge in [-0.1, -0.05) is 60.7 Å². The first kappa shape index (κ1) is 18.1. The molecule has 1 saturated heterocycles. The van der Waals surface area contributed by atoms with Gasteiger partial charge in [0, 0.05) is 25.2 Å². The normalized spacial score (nSPS) is 19.9. The third kappa shape index (κ3) is 3.95. The smallest absolute Gasteiger partial charge is 0.204 e. The molecule has 1 heterocycles. The molecular formula is C22H32N3+. The van der Waals surface area contributed by atoms with Crippen LogP contribution in [0.1, 0.15) is 43.5 Å². The molecule has 2 atom stereocenters. The van der Waals surface area contributed by atoms with Gasteiger partial charge in [-0.15, -0.1) is 0 Å². The Balaban J connectivity index is 1.87. The van der Waals surface area contributed by atoms with Crippen LogP contribution in [0.15, 0.2) is 60.7 Å². The van der Waals surface area contributed by atoms with E-state index in [-0.39, 0.29) is 0 Å². The first-order valence-corrected chi connectivity index (χ1v) is 9.51. The van der Waals surface area contributed by atoms with Gasteiger partial charge in [0.15, 0.2) is 0 Å². The molecule has 25 heavy (non-hydrogen) atoms. The van der Waals surface area contributed by atoms with Gasteiger partial charge in [-0.2, -0.15) is 0 Å². The Kier molecular flexibility index (Phi) is 5.89. The van der Waals surface area contributed by atoms with E-state index in [1.807, 2.05) is 0 Å². The summed E-state index contributed by atoms with van der Waals surface area (Å²) in [5.41, 5.74) is 2.81. The summed E-state index contributed by atoms with van der Waals surface area (Å²) < 4.78 is 0. The Hall–Kier alpha value is -1.68. The number of hydrogen-bond acceptors (Lipinski definition) is 2. The maximum atomic E-state index is 2.67. The lowest BCUT2D eigenvalue weighted by atomic mass is 10.0. The van der Waals surface area contributed by atoms with Gasteiger partial charge < -0.3 is 4.90 Å². The molecule has 0 bridgehead atoms. The van der Waals surface area contributed by atoms with Gasteiger partial charge in [0.2, 0.25) is 6.29 Å². The summed E-state index contributed by atoms with van der Waals surface area (Å²) in [6.07, 6.45) is 1.61. The van der Waals surface area contributed by atoms with Gasteiger partial charge in [-0.3, -0.25) is 0 Å². The van der Waals surface area contributed by atoms with Crippen molar-refractivity contribution in [2.24, 2.45) is 0 Å². The Morgan fingerprint density at radius 3 is 1.52 bits per heavy atom. The maximum Gasteiger partial charge on any atom is 0.204 e. The third-order valence-corrected chi connectivity index (χ3v) is 5.54. The van der Waals surface area contributed by atoms with Gasteiger partial charge in [-0.05, 0) is 31.4 Å². The zero-order valence-electron chi connectivity index (χ0n) is 16.0. The summed E-state index contributed by atoms with van der Waals surface area (Å²) in [5.74, 6) is 0. The van der Waals surface area contributed by atoms with E-state index in [4.69, 9.17) is 0 Å². The van der Waals surface area contributed by atoms with Crippen molar-refractivity contribution in [3.63, 3.8) is 0 Å². The van der Waals surface area contributed by atoms with Crippen molar-refractivity contribution >= 4 is 0 Å². The molecule has 1 aliphatic heterocycles. The summed E-state index contributed by atoms with van der Waals surface area (Å²) in [4.78, 5) is 6.83. The predicted molar refractivity (Wildman–Crippen MR) is 104 cm³/mol. The molecule has 0 unspecified atom stereocenters. The second-order valence-corrected chi connectivity index (χ2v) is 7.45. The molecule has 0 radical (unpaired) electrons. The average Bonchev–Trinajstić information content (AvgIpc) is 2.67. The van der Waals surface area contributed by atoms with Gasteiger partial charge in [0.25, 0.3) is 0 Å². The van der Waals surface area contributed by atoms with Crippen LogP contribution in [0, 0.1) is 0 Å². The van der Waals surface area contributed by atoms with Crippen molar-refractivity contribution in [3.05, 3.63) is 71.8 Å².